The van der Waals surface area contributed by atoms with Crippen LogP contribution in [-0.2, 0) is 9.84 Å². The second kappa shape index (κ2) is 7.90. The first-order valence-electron chi connectivity index (χ1n) is 10.2. The summed E-state index contributed by atoms with van der Waals surface area (Å²) < 4.78 is 51.4. The van der Waals surface area contributed by atoms with Crippen molar-refractivity contribution >= 4 is 21.2 Å². The summed E-state index contributed by atoms with van der Waals surface area (Å²) in [6.45, 7) is 0. The number of thiazole rings is 1. The van der Waals surface area contributed by atoms with Gasteiger partial charge >= 0.3 is 0 Å². The van der Waals surface area contributed by atoms with E-state index in [1.165, 1.54) is 35.8 Å². The van der Waals surface area contributed by atoms with Crippen LogP contribution in [0, 0.1) is 11.6 Å². The highest BCUT2D eigenvalue weighted by molar-refractivity contribution is 7.90. The van der Waals surface area contributed by atoms with Crippen molar-refractivity contribution in [3.8, 4) is 32.3 Å². The largest absolute Gasteiger partial charge is 0.235 e. The highest BCUT2D eigenvalue weighted by Crippen LogP contribution is 2.45. The fraction of sp³-hybridized carbons (Fsp3) is 0.160. The number of hydrogen-bond donors (Lipinski definition) is 0. The quantitative estimate of drug-likeness (QED) is 0.328. The number of halogens is 2. The molecule has 1 aromatic heterocycles. The van der Waals surface area contributed by atoms with Crippen LogP contribution in [0.25, 0.3) is 32.3 Å². The van der Waals surface area contributed by atoms with E-state index >= 15 is 0 Å². The maximum absolute atomic E-state index is 14.3. The van der Waals surface area contributed by atoms with Gasteiger partial charge in [0.2, 0.25) is 0 Å². The lowest BCUT2D eigenvalue weighted by molar-refractivity contribution is 0.602. The molecule has 7 heteroatoms. The lowest BCUT2D eigenvalue weighted by Crippen LogP contribution is -1.96. The molecule has 0 unspecified atom stereocenters. The van der Waals surface area contributed by atoms with Crippen LogP contribution >= 0.6 is 11.3 Å². The van der Waals surface area contributed by atoms with Gasteiger partial charge in [-0.15, -0.1) is 11.3 Å². The van der Waals surface area contributed by atoms with E-state index in [2.05, 4.69) is 0 Å². The fourth-order valence-corrected chi connectivity index (χ4v) is 5.40. The van der Waals surface area contributed by atoms with E-state index < -0.39 is 9.84 Å². The molecular formula is C25H19F2NO2S2. The van der Waals surface area contributed by atoms with E-state index in [9.17, 15) is 17.2 Å². The van der Waals surface area contributed by atoms with Crippen molar-refractivity contribution in [3.63, 3.8) is 0 Å². The van der Waals surface area contributed by atoms with E-state index in [1.54, 1.807) is 42.5 Å². The van der Waals surface area contributed by atoms with Crippen LogP contribution in [0.15, 0.2) is 71.6 Å². The molecule has 1 fully saturated rings. The summed E-state index contributed by atoms with van der Waals surface area (Å²) in [5.41, 5.74) is 3.79. The molecule has 32 heavy (non-hydrogen) atoms. The molecular weight excluding hydrogens is 448 g/mol. The Kier molecular flexibility index (Phi) is 5.18. The Morgan fingerprint density at radius 2 is 1.50 bits per heavy atom. The maximum Gasteiger partial charge on any atom is 0.175 e. The smallest absolute Gasteiger partial charge is 0.175 e. The number of rotatable bonds is 5. The predicted octanol–water partition coefficient (Wildman–Crippen LogP) is 6.70. The summed E-state index contributed by atoms with van der Waals surface area (Å²) in [5, 5.41) is 0.730. The Morgan fingerprint density at radius 1 is 0.875 bits per heavy atom. The predicted molar refractivity (Wildman–Crippen MR) is 123 cm³/mol. The minimum Gasteiger partial charge on any atom is -0.235 e. The maximum atomic E-state index is 14.3. The molecule has 0 spiro atoms. The van der Waals surface area contributed by atoms with Crippen LogP contribution in [0.5, 0.6) is 0 Å². The Hall–Kier alpha value is -2.90. The van der Waals surface area contributed by atoms with E-state index in [1.807, 2.05) is 6.07 Å². The van der Waals surface area contributed by atoms with Crippen LogP contribution in [0.2, 0.25) is 0 Å². The van der Waals surface area contributed by atoms with Crippen molar-refractivity contribution in [2.24, 2.45) is 0 Å². The zero-order valence-corrected chi connectivity index (χ0v) is 18.8. The molecule has 0 bridgehead atoms. The Balaban J connectivity index is 1.64. The summed E-state index contributed by atoms with van der Waals surface area (Å²) in [7, 11) is -3.31. The monoisotopic (exact) mass is 467 g/mol. The summed E-state index contributed by atoms with van der Waals surface area (Å²) in [4.78, 5) is 5.91. The molecule has 0 saturated heterocycles. The second-order valence-electron chi connectivity index (χ2n) is 8.01. The number of hydrogen-bond acceptors (Lipinski definition) is 4. The number of sulfone groups is 1. The molecule has 3 nitrogen and oxygen atoms in total. The van der Waals surface area contributed by atoms with Gasteiger partial charge < -0.3 is 0 Å². The van der Waals surface area contributed by atoms with Gasteiger partial charge in [0, 0.05) is 17.4 Å². The Morgan fingerprint density at radius 3 is 2.12 bits per heavy atom. The summed E-state index contributed by atoms with van der Waals surface area (Å²) in [6, 6.07) is 17.8. The molecule has 1 saturated carbocycles. The molecule has 1 heterocycles. The van der Waals surface area contributed by atoms with Crippen LogP contribution in [-0.4, -0.2) is 19.7 Å². The van der Waals surface area contributed by atoms with E-state index in [0.29, 0.717) is 5.69 Å². The van der Waals surface area contributed by atoms with Gasteiger partial charge in [-0.2, -0.15) is 0 Å². The SMILES string of the molecule is CS(=O)(=O)c1ccc(-c2sc(-c3ccc(F)c(C4CC4)c3)nc2-c2ccc(F)cc2)cc1. The van der Waals surface area contributed by atoms with Crippen molar-refractivity contribution in [2.45, 2.75) is 23.7 Å². The first kappa shape index (κ1) is 21.0. The van der Waals surface area contributed by atoms with Crippen LogP contribution in [0.1, 0.15) is 24.3 Å². The van der Waals surface area contributed by atoms with Gasteiger partial charge in [0.05, 0.1) is 15.5 Å². The molecule has 0 radical (unpaired) electrons. The molecule has 1 aliphatic carbocycles. The molecule has 162 valence electrons. The van der Waals surface area contributed by atoms with Gasteiger partial charge in [0.1, 0.15) is 16.6 Å². The Labute approximate surface area is 189 Å². The zero-order valence-electron chi connectivity index (χ0n) is 17.2. The van der Waals surface area contributed by atoms with Crippen LogP contribution in [0.3, 0.4) is 0 Å². The highest BCUT2D eigenvalue weighted by Gasteiger charge is 2.27. The Bertz CT molecular complexity index is 1410. The van der Waals surface area contributed by atoms with E-state index in [4.69, 9.17) is 4.98 Å². The minimum atomic E-state index is -3.31. The van der Waals surface area contributed by atoms with Gasteiger partial charge in [0.25, 0.3) is 0 Å². The van der Waals surface area contributed by atoms with Crippen LogP contribution < -0.4 is 0 Å². The van der Waals surface area contributed by atoms with E-state index in [0.717, 1.165) is 45.0 Å². The fourth-order valence-electron chi connectivity index (χ4n) is 3.68. The first-order valence-corrected chi connectivity index (χ1v) is 12.9. The third-order valence-electron chi connectivity index (χ3n) is 5.55. The number of aromatic nitrogens is 1. The van der Waals surface area contributed by atoms with E-state index in [-0.39, 0.29) is 22.4 Å². The summed E-state index contributed by atoms with van der Waals surface area (Å²) >= 11 is 1.45. The zero-order chi connectivity index (χ0) is 22.5. The molecule has 0 aliphatic heterocycles. The van der Waals surface area contributed by atoms with Crippen molar-refractivity contribution in [2.75, 3.05) is 6.26 Å². The van der Waals surface area contributed by atoms with Crippen molar-refractivity contribution in [1.29, 1.82) is 0 Å². The van der Waals surface area contributed by atoms with Crippen molar-refractivity contribution in [1.82, 2.24) is 4.98 Å². The van der Waals surface area contributed by atoms with Crippen LogP contribution in [0.4, 0.5) is 8.78 Å². The highest BCUT2D eigenvalue weighted by atomic mass is 32.2. The third kappa shape index (κ3) is 4.10. The van der Waals surface area contributed by atoms with Gasteiger partial charge in [-0.05, 0) is 84.5 Å². The number of benzene rings is 3. The average molecular weight is 468 g/mol. The molecule has 0 amide bonds. The topological polar surface area (TPSA) is 47.0 Å². The summed E-state index contributed by atoms with van der Waals surface area (Å²) in [5.74, 6) is -0.256. The third-order valence-corrected chi connectivity index (χ3v) is 7.83. The molecule has 1 aliphatic rings. The average Bonchev–Trinajstić information content (AvgIpc) is 3.52. The molecule has 0 atom stereocenters. The lowest BCUT2D eigenvalue weighted by atomic mass is 10.1. The van der Waals surface area contributed by atoms with Crippen molar-refractivity contribution in [3.05, 3.63) is 83.9 Å². The van der Waals surface area contributed by atoms with Gasteiger partial charge in [-0.3, -0.25) is 0 Å². The second-order valence-corrected chi connectivity index (χ2v) is 11.0. The first-order chi connectivity index (χ1) is 15.3. The van der Waals surface area contributed by atoms with Gasteiger partial charge in [-0.1, -0.05) is 12.1 Å². The number of nitrogens with zero attached hydrogens (tertiary/aromatic N) is 1. The normalized spacial score (nSPS) is 14.0. The molecule has 0 N–H and O–H groups in total. The molecule has 5 rings (SSSR count). The molecule has 3 aromatic carbocycles. The standard InChI is InChI=1S/C25H19F2NO2S2/c1-32(29,30)20-11-6-17(7-12-20)24-23(16-4-9-19(26)10-5-16)28-25(31-24)18-8-13-22(27)21(14-18)15-2-3-15/h4-15H,2-3H2,1H3. The van der Waals surface area contributed by atoms with Crippen molar-refractivity contribution < 1.29 is 17.2 Å². The minimum absolute atomic E-state index is 0.192. The van der Waals surface area contributed by atoms with Gasteiger partial charge in [0.15, 0.2) is 9.84 Å². The lowest BCUT2D eigenvalue weighted by Gasteiger charge is -2.04. The summed E-state index contributed by atoms with van der Waals surface area (Å²) in [6.07, 6.45) is 3.16. The van der Waals surface area contributed by atoms with Gasteiger partial charge in [-0.25, -0.2) is 22.2 Å². The molecule has 4 aromatic rings.